The summed E-state index contributed by atoms with van der Waals surface area (Å²) in [5.74, 6) is 1.33. The number of nitrogens with zero attached hydrogens (tertiary/aromatic N) is 2. The Morgan fingerprint density at radius 1 is 1.15 bits per heavy atom. The van der Waals surface area contributed by atoms with E-state index in [0.29, 0.717) is 17.4 Å². The zero-order chi connectivity index (χ0) is 22.9. The van der Waals surface area contributed by atoms with Crippen molar-refractivity contribution in [2.24, 2.45) is 0 Å². The molecule has 1 aromatic carbocycles. The van der Waals surface area contributed by atoms with E-state index < -0.39 is 0 Å². The number of benzene rings is 1. The van der Waals surface area contributed by atoms with E-state index in [1.54, 1.807) is 11.3 Å². The lowest BCUT2D eigenvalue weighted by atomic mass is 10.2. The fourth-order valence-corrected chi connectivity index (χ4v) is 4.68. The Labute approximate surface area is 203 Å². The van der Waals surface area contributed by atoms with Gasteiger partial charge in [-0.3, -0.25) is 9.69 Å². The molecule has 1 amide bonds. The minimum atomic E-state index is -0.112. The first-order chi connectivity index (χ1) is 16.2. The van der Waals surface area contributed by atoms with Crippen LogP contribution in [0, 0.1) is 0 Å². The van der Waals surface area contributed by atoms with Crippen molar-refractivity contribution >= 4 is 34.6 Å². The molecule has 0 unspecified atom stereocenters. The molecule has 0 aliphatic carbocycles. The molecule has 1 fully saturated rings. The molecule has 10 heteroatoms. The highest BCUT2D eigenvalue weighted by atomic mass is 32.1. The van der Waals surface area contributed by atoms with Crippen molar-refractivity contribution in [2.75, 3.05) is 52.7 Å². The average Bonchev–Trinajstić information content (AvgIpc) is 3.53. The molecule has 0 radical (unpaired) electrons. The van der Waals surface area contributed by atoms with Crippen LogP contribution >= 0.6 is 23.6 Å². The first-order valence-corrected chi connectivity index (χ1v) is 12.5. The van der Waals surface area contributed by atoms with Crippen LogP contribution in [0.25, 0.3) is 0 Å². The molecule has 0 saturated carbocycles. The van der Waals surface area contributed by atoms with Gasteiger partial charge in [0, 0.05) is 37.6 Å². The first kappa shape index (κ1) is 23.7. The van der Waals surface area contributed by atoms with Gasteiger partial charge in [-0.05, 0) is 47.8 Å². The van der Waals surface area contributed by atoms with E-state index >= 15 is 0 Å². The summed E-state index contributed by atoms with van der Waals surface area (Å²) in [5.41, 5.74) is 0.956. The van der Waals surface area contributed by atoms with Gasteiger partial charge in [0.05, 0.1) is 26.3 Å². The summed E-state index contributed by atoms with van der Waals surface area (Å²) in [7, 11) is 0. The standard InChI is InChI=1S/C23H30N4O4S2/c28-22(24-14-18-4-5-20-21(13-18)31-17-30-20)15-25-23(32)27(16-19-3-1-12-33-19)7-2-6-26-8-10-29-11-9-26/h1,3-5,12-13H,2,6-11,14-17H2,(H,24,28)(H,25,32). The van der Waals surface area contributed by atoms with Gasteiger partial charge in [0.1, 0.15) is 0 Å². The van der Waals surface area contributed by atoms with E-state index in [9.17, 15) is 4.79 Å². The fourth-order valence-electron chi connectivity index (χ4n) is 3.73. The highest BCUT2D eigenvalue weighted by Crippen LogP contribution is 2.32. The molecule has 2 aliphatic heterocycles. The van der Waals surface area contributed by atoms with Gasteiger partial charge in [0.15, 0.2) is 16.6 Å². The van der Waals surface area contributed by atoms with E-state index in [4.69, 9.17) is 26.4 Å². The fraction of sp³-hybridized carbons (Fsp3) is 0.478. The lowest BCUT2D eigenvalue weighted by molar-refractivity contribution is -0.120. The van der Waals surface area contributed by atoms with Gasteiger partial charge in [-0.1, -0.05) is 12.1 Å². The Morgan fingerprint density at radius 3 is 2.82 bits per heavy atom. The monoisotopic (exact) mass is 490 g/mol. The SMILES string of the molecule is O=C(CNC(=S)N(CCCN1CCOCC1)Cc1cccs1)NCc1ccc2c(c1)OCO2. The Kier molecular flexibility index (Phi) is 8.76. The molecule has 0 bridgehead atoms. The zero-order valence-corrected chi connectivity index (χ0v) is 20.2. The molecule has 2 aliphatic rings. The van der Waals surface area contributed by atoms with Crippen LogP contribution in [0.3, 0.4) is 0 Å². The molecule has 1 aromatic heterocycles. The Hall–Kier alpha value is -2.40. The van der Waals surface area contributed by atoms with Crippen molar-refractivity contribution in [3.8, 4) is 11.5 Å². The van der Waals surface area contributed by atoms with Crippen LogP contribution in [0.5, 0.6) is 11.5 Å². The number of fused-ring (bicyclic) bond motifs is 1. The molecule has 3 heterocycles. The second-order valence-electron chi connectivity index (χ2n) is 7.93. The summed E-state index contributed by atoms with van der Waals surface area (Å²) >= 11 is 7.36. The predicted molar refractivity (Wildman–Crippen MR) is 132 cm³/mol. The van der Waals surface area contributed by atoms with E-state index in [2.05, 4.69) is 31.9 Å². The Bertz CT molecular complexity index is 919. The Morgan fingerprint density at radius 2 is 2.00 bits per heavy atom. The van der Waals surface area contributed by atoms with Crippen molar-refractivity contribution in [3.05, 3.63) is 46.2 Å². The van der Waals surface area contributed by atoms with Gasteiger partial charge in [-0.25, -0.2) is 0 Å². The molecule has 33 heavy (non-hydrogen) atoms. The zero-order valence-electron chi connectivity index (χ0n) is 18.6. The molecule has 2 aromatic rings. The number of amides is 1. The summed E-state index contributed by atoms with van der Waals surface area (Å²) in [5, 5.41) is 8.73. The number of hydrogen-bond donors (Lipinski definition) is 2. The molecular weight excluding hydrogens is 460 g/mol. The van der Waals surface area contributed by atoms with Crippen LogP contribution in [0.2, 0.25) is 0 Å². The van der Waals surface area contributed by atoms with Crippen LogP contribution in [0.4, 0.5) is 0 Å². The van der Waals surface area contributed by atoms with Gasteiger partial charge in [0.2, 0.25) is 12.7 Å². The molecule has 4 rings (SSSR count). The number of carbonyl (C=O) groups is 1. The number of carbonyl (C=O) groups excluding carboxylic acids is 1. The number of morpholine rings is 1. The number of hydrogen-bond acceptors (Lipinski definition) is 7. The molecular formula is C23H30N4O4S2. The van der Waals surface area contributed by atoms with E-state index in [1.165, 1.54) is 4.88 Å². The van der Waals surface area contributed by atoms with Crippen molar-refractivity contribution in [1.82, 2.24) is 20.4 Å². The molecule has 2 N–H and O–H groups in total. The van der Waals surface area contributed by atoms with Gasteiger partial charge in [-0.2, -0.15) is 0 Å². The molecule has 8 nitrogen and oxygen atoms in total. The van der Waals surface area contributed by atoms with E-state index in [-0.39, 0.29) is 19.2 Å². The molecule has 0 atom stereocenters. The van der Waals surface area contributed by atoms with Gasteiger partial charge >= 0.3 is 0 Å². The van der Waals surface area contributed by atoms with Gasteiger partial charge in [-0.15, -0.1) is 11.3 Å². The smallest absolute Gasteiger partial charge is 0.239 e. The first-order valence-electron chi connectivity index (χ1n) is 11.2. The average molecular weight is 491 g/mol. The number of rotatable bonds is 10. The highest BCUT2D eigenvalue weighted by molar-refractivity contribution is 7.80. The summed E-state index contributed by atoms with van der Waals surface area (Å²) in [6.45, 7) is 6.96. The topological polar surface area (TPSA) is 75.3 Å². The van der Waals surface area contributed by atoms with Gasteiger partial charge < -0.3 is 29.7 Å². The van der Waals surface area contributed by atoms with E-state index in [1.807, 2.05) is 24.3 Å². The lowest BCUT2D eigenvalue weighted by Gasteiger charge is -2.29. The number of ether oxygens (including phenoxy) is 3. The minimum absolute atomic E-state index is 0.112. The molecule has 0 spiro atoms. The third-order valence-corrected chi connectivity index (χ3v) is 6.81. The van der Waals surface area contributed by atoms with Crippen molar-refractivity contribution in [3.63, 3.8) is 0 Å². The van der Waals surface area contributed by atoms with Crippen LogP contribution in [0.1, 0.15) is 16.9 Å². The largest absolute Gasteiger partial charge is 0.454 e. The third-order valence-electron chi connectivity index (χ3n) is 5.55. The summed E-state index contributed by atoms with van der Waals surface area (Å²) in [4.78, 5) is 18.2. The number of nitrogens with one attached hydrogen (secondary N) is 2. The maximum absolute atomic E-state index is 12.4. The summed E-state index contributed by atoms with van der Waals surface area (Å²) in [6.07, 6.45) is 1.00. The maximum atomic E-state index is 12.4. The van der Waals surface area contributed by atoms with Crippen LogP contribution in [-0.4, -0.2) is 73.5 Å². The third kappa shape index (κ3) is 7.29. The number of thiocarbonyl (C=S) groups is 1. The predicted octanol–water partition coefficient (Wildman–Crippen LogP) is 2.19. The number of thiophene rings is 1. The highest BCUT2D eigenvalue weighted by Gasteiger charge is 2.16. The molecule has 1 saturated heterocycles. The summed E-state index contributed by atoms with van der Waals surface area (Å²) < 4.78 is 16.1. The van der Waals surface area contributed by atoms with Crippen LogP contribution in [0.15, 0.2) is 35.7 Å². The van der Waals surface area contributed by atoms with Crippen LogP contribution < -0.4 is 20.1 Å². The molecule has 178 valence electrons. The van der Waals surface area contributed by atoms with Crippen molar-refractivity contribution < 1.29 is 19.0 Å². The maximum Gasteiger partial charge on any atom is 0.239 e. The second-order valence-corrected chi connectivity index (χ2v) is 9.35. The van der Waals surface area contributed by atoms with Crippen molar-refractivity contribution in [2.45, 2.75) is 19.5 Å². The quantitative estimate of drug-likeness (QED) is 0.491. The van der Waals surface area contributed by atoms with Crippen molar-refractivity contribution in [1.29, 1.82) is 0 Å². The summed E-state index contributed by atoms with van der Waals surface area (Å²) in [6, 6.07) is 9.82. The Balaban J connectivity index is 1.22. The van der Waals surface area contributed by atoms with E-state index in [0.717, 1.165) is 63.7 Å². The van der Waals surface area contributed by atoms with Gasteiger partial charge in [0.25, 0.3) is 0 Å². The minimum Gasteiger partial charge on any atom is -0.454 e. The second kappa shape index (κ2) is 12.2. The lowest BCUT2D eigenvalue weighted by Crippen LogP contribution is -2.45. The normalized spacial score (nSPS) is 15.3. The van der Waals surface area contributed by atoms with Crippen LogP contribution in [-0.2, 0) is 22.6 Å².